The van der Waals surface area contributed by atoms with Gasteiger partial charge in [-0.2, -0.15) is 0 Å². The molecule has 0 N–H and O–H groups in total. The van der Waals surface area contributed by atoms with Gasteiger partial charge in [0.1, 0.15) is 5.78 Å². The summed E-state index contributed by atoms with van der Waals surface area (Å²) in [6, 6.07) is 9.20. The largest absolute Gasteiger partial charge is 0.300 e. The van der Waals surface area contributed by atoms with Crippen molar-refractivity contribution in [2.24, 2.45) is 0 Å². The number of ketones is 1. The minimum atomic E-state index is 0.201. The first-order valence-electron chi connectivity index (χ1n) is 4.13. The number of Topliss-reactive ketones (excluding diaryl/α,β-unsaturated/α-hetero) is 1. The Kier molecular flexibility index (Phi) is 2.15. The van der Waals surface area contributed by atoms with E-state index in [1.165, 1.54) is 4.70 Å². The van der Waals surface area contributed by atoms with Gasteiger partial charge in [0.05, 0.1) is 0 Å². The predicted molar refractivity (Wildman–Crippen MR) is 55.0 cm³/mol. The van der Waals surface area contributed by atoms with Crippen LogP contribution in [0.1, 0.15) is 12.5 Å². The van der Waals surface area contributed by atoms with Crippen molar-refractivity contribution in [3.05, 3.63) is 35.2 Å². The maximum absolute atomic E-state index is 11.0. The van der Waals surface area contributed by atoms with Gasteiger partial charge in [0.15, 0.2) is 0 Å². The second kappa shape index (κ2) is 3.30. The van der Waals surface area contributed by atoms with Gasteiger partial charge in [0.2, 0.25) is 0 Å². The first kappa shape index (κ1) is 8.45. The zero-order chi connectivity index (χ0) is 9.26. The van der Waals surface area contributed by atoms with Crippen LogP contribution in [0, 0.1) is 6.07 Å². The van der Waals surface area contributed by atoms with Crippen LogP contribution in [0.4, 0.5) is 0 Å². The van der Waals surface area contributed by atoms with E-state index >= 15 is 0 Å². The van der Waals surface area contributed by atoms with E-state index < -0.39 is 0 Å². The lowest BCUT2D eigenvalue weighted by atomic mass is 10.1. The minimum absolute atomic E-state index is 0.201. The molecule has 2 rings (SSSR count). The molecule has 0 aliphatic heterocycles. The molecule has 1 radical (unpaired) electrons. The molecule has 0 atom stereocenters. The van der Waals surface area contributed by atoms with Crippen LogP contribution < -0.4 is 0 Å². The number of carbonyl (C=O) groups excluding carboxylic acids is 1. The van der Waals surface area contributed by atoms with Crippen molar-refractivity contribution in [1.82, 2.24) is 0 Å². The molecule has 0 spiro atoms. The molecular formula is C11H9OS. The number of hydrogen-bond donors (Lipinski definition) is 0. The van der Waals surface area contributed by atoms with E-state index in [0.717, 1.165) is 10.9 Å². The maximum Gasteiger partial charge on any atom is 0.134 e. The summed E-state index contributed by atoms with van der Waals surface area (Å²) >= 11 is 1.66. The number of rotatable bonds is 2. The fourth-order valence-corrected chi connectivity index (χ4v) is 2.17. The van der Waals surface area contributed by atoms with E-state index in [-0.39, 0.29) is 5.78 Å². The Morgan fingerprint density at radius 1 is 1.54 bits per heavy atom. The highest BCUT2D eigenvalue weighted by atomic mass is 32.1. The number of fused-ring (bicyclic) bond motifs is 1. The van der Waals surface area contributed by atoms with Crippen molar-refractivity contribution in [3.63, 3.8) is 0 Å². The highest BCUT2D eigenvalue weighted by Crippen LogP contribution is 2.23. The van der Waals surface area contributed by atoms with Gasteiger partial charge in [-0.1, -0.05) is 12.1 Å². The van der Waals surface area contributed by atoms with Gasteiger partial charge in [0, 0.05) is 22.6 Å². The Morgan fingerprint density at radius 3 is 3.15 bits per heavy atom. The summed E-state index contributed by atoms with van der Waals surface area (Å²) in [5.74, 6) is 0.201. The van der Waals surface area contributed by atoms with Crippen LogP contribution in [0.2, 0.25) is 0 Å². The van der Waals surface area contributed by atoms with Crippen LogP contribution in [0.3, 0.4) is 0 Å². The maximum atomic E-state index is 11.0. The highest BCUT2D eigenvalue weighted by Gasteiger charge is 2.03. The quantitative estimate of drug-likeness (QED) is 0.710. The zero-order valence-electron chi connectivity index (χ0n) is 7.33. The van der Waals surface area contributed by atoms with Gasteiger partial charge >= 0.3 is 0 Å². The first-order valence-corrected chi connectivity index (χ1v) is 5.01. The Morgan fingerprint density at radius 2 is 2.38 bits per heavy atom. The number of thiophene rings is 1. The van der Waals surface area contributed by atoms with Crippen LogP contribution in [0.15, 0.2) is 23.6 Å². The SMILES string of the molecule is CC(=O)Cc1cccc2sc[c]c12. The summed E-state index contributed by atoms with van der Waals surface area (Å²) in [6.45, 7) is 1.62. The van der Waals surface area contributed by atoms with Gasteiger partial charge in [-0.3, -0.25) is 4.79 Å². The molecule has 1 nitrogen and oxygen atoms in total. The Labute approximate surface area is 81.0 Å². The van der Waals surface area contributed by atoms with Crippen molar-refractivity contribution in [3.8, 4) is 0 Å². The molecule has 0 saturated carbocycles. The summed E-state index contributed by atoms with van der Waals surface area (Å²) in [7, 11) is 0. The van der Waals surface area contributed by atoms with Crippen LogP contribution in [0.5, 0.6) is 0 Å². The Bertz CT molecular complexity index is 442. The fraction of sp³-hybridized carbons (Fsp3) is 0.182. The summed E-state index contributed by atoms with van der Waals surface area (Å²) in [5.41, 5.74) is 1.09. The molecule has 1 aromatic carbocycles. The molecule has 0 amide bonds. The van der Waals surface area contributed by atoms with Crippen LogP contribution in [0.25, 0.3) is 10.1 Å². The molecule has 0 unspecified atom stereocenters. The first-order chi connectivity index (χ1) is 6.27. The van der Waals surface area contributed by atoms with Crippen molar-refractivity contribution in [2.75, 3.05) is 0 Å². The second-order valence-corrected chi connectivity index (χ2v) is 3.96. The number of carbonyl (C=O) groups is 1. The molecule has 0 aliphatic rings. The van der Waals surface area contributed by atoms with Crippen LogP contribution in [-0.2, 0) is 11.2 Å². The van der Waals surface area contributed by atoms with E-state index in [0.29, 0.717) is 6.42 Å². The molecule has 65 valence electrons. The third kappa shape index (κ3) is 1.63. The van der Waals surface area contributed by atoms with Gasteiger partial charge in [-0.15, -0.1) is 11.3 Å². The van der Waals surface area contributed by atoms with Gasteiger partial charge < -0.3 is 0 Å². The molecule has 0 fully saturated rings. The van der Waals surface area contributed by atoms with Gasteiger partial charge in [-0.05, 0) is 23.9 Å². The normalized spacial score (nSPS) is 10.5. The third-order valence-corrected chi connectivity index (χ3v) is 2.77. The standard InChI is InChI=1S/C11H9OS/c1-8(12)7-9-3-2-4-11-10(9)5-6-13-11/h2-4,6H,7H2,1H3. The smallest absolute Gasteiger partial charge is 0.134 e. The van der Waals surface area contributed by atoms with E-state index in [1.807, 2.05) is 17.5 Å². The van der Waals surface area contributed by atoms with E-state index in [1.54, 1.807) is 18.3 Å². The van der Waals surface area contributed by atoms with E-state index in [2.05, 4.69) is 12.1 Å². The lowest BCUT2D eigenvalue weighted by Crippen LogP contribution is -1.95. The van der Waals surface area contributed by atoms with Crippen LogP contribution >= 0.6 is 11.3 Å². The predicted octanol–water partition coefficient (Wildman–Crippen LogP) is 2.83. The molecule has 2 aromatic rings. The van der Waals surface area contributed by atoms with Crippen LogP contribution in [-0.4, -0.2) is 5.78 Å². The summed E-state index contributed by atoms with van der Waals surface area (Å²) in [5, 5.41) is 3.04. The minimum Gasteiger partial charge on any atom is -0.300 e. The average Bonchev–Trinajstić information content (AvgIpc) is 2.51. The summed E-state index contributed by atoms with van der Waals surface area (Å²) < 4.78 is 1.21. The average molecular weight is 189 g/mol. The summed E-state index contributed by atoms with van der Waals surface area (Å²) in [4.78, 5) is 11.0. The number of benzene rings is 1. The Hall–Kier alpha value is -1.15. The molecule has 0 saturated heterocycles. The van der Waals surface area contributed by atoms with Crippen molar-refractivity contribution in [1.29, 1.82) is 0 Å². The molecule has 2 heteroatoms. The zero-order valence-corrected chi connectivity index (χ0v) is 8.15. The number of hydrogen-bond acceptors (Lipinski definition) is 2. The summed E-state index contributed by atoms with van der Waals surface area (Å²) in [6.07, 6.45) is 0.518. The fourth-order valence-electron chi connectivity index (χ4n) is 1.41. The van der Waals surface area contributed by atoms with E-state index in [9.17, 15) is 4.79 Å². The highest BCUT2D eigenvalue weighted by molar-refractivity contribution is 7.17. The molecule has 1 aromatic heterocycles. The molecule has 1 heterocycles. The van der Waals surface area contributed by atoms with Gasteiger partial charge in [-0.25, -0.2) is 0 Å². The third-order valence-electron chi connectivity index (χ3n) is 1.94. The lowest BCUT2D eigenvalue weighted by Gasteiger charge is -1.98. The topological polar surface area (TPSA) is 17.1 Å². The van der Waals surface area contributed by atoms with E-state index in [4.69, 9.17) is 0 Å². The van der Waals surface area contributed by atoms with Crippen molar-refractivity contribution in [2.45, 2.75) is 13.3 Å². The molecular weight excluding hydrogens is 180 g/mol. The second-order valence-electron chi connectivity index (χ2n) is 3.05. The monoisotopic (exact) mass is 189 g/mol. The lowest BCUT2D eigenvalue weighted by molar-refractivity contribution is -0.116. The van der Waals surface area contributed by atoms with Crippen molar-refractivity contribution < 1.29 is 4.79 Å². The molecule has 0 aliphatic carbocycles. The van der Waals surface area contributed by atoms with Crippen molar-refractivity contribution >= 4 is 27.2 Å². The van der Waals surface area contributed by atoms with Gasteiger partial charge in [0.25, 0.3) is 0 Å². The Balaban J connectivity index is 2.54. The molecule has 13 heavy (non-hydrogen) atoms. The molecule has 0 bridgehead atoms.